The zero-order chi connectivity index (χ0) is 20.7. The number of hydrogen-bond donors (Lipinski definition) is 2. The van der Waals surface area contributed by atoms with Crippen LogP contribution in [0.3, 0.4) is 0 Å². The molecular formula is C23H23N5O2. The van der Waals surface area contributed by atoms with Crippen molar-refractivity contribution < 1.29 is 9.53 Å². The van der Waals surface area contributed by atoms with E-state index in [0.29, 0.717) is 17.3 Å². The van der Waals surface area contributed by atoms with Crippen LogP contribution in [-0.2, 0) is 0 Å². The molecule has 5 rings (SSSR count). The van der Waals surface area contributed by atoms with Gasteiger partial charge in [-0.3, -0.25) is 4.79 Å². The van der Waals surface area contributed by atoms with Crippen molar-refractivity contribution in [3.05, 3.63) is 72.1 Å². The number of aromatic amines is 1. The van der Waals surface area contributed by atoms with Gasteiger partial charge in [-0.25, -0.2) is 4.52 Å². The zero-order valence-corrected chi connectivity index (χ0v) is 16.7. The fourth-order valence-corrected chi connectivity index (χ4v) is 4.18. The molecule has 3 heterocycles. The van der Waals surface area contributed by atoms with Crippen LogP contribution in [0.2, 0.25) is 0 Å². The SMILES string of the molecule is CN1CCC(c2cnn3c(C(N)=O)c(-c4ccc(Oc5ccccc5)cc4)[nH]c23)C1. The lowest BCUT2D eigenvalue weighted by Crippen LogP contribution is -2.15. The third-order valence-corrected chi connectivity index (χ3v) is 5.68. The molecule has 1 fully saturated rings. The average molecular weight is 401 g/mol. The summed E-state index contributed by atoms with van der Waals surface area (Å²) in [5, 5.41) is 4.47. The van der Waals surface area contributed by atoms with Crippen LogP contribution in [0.15, 0.2) is 60.8 Å². The maximum absolute atomic E-state index is 12.3. The smallest absolute Gasteiger partial charge is 0.269 e. The topological polar surface area (TPSA) is 88.7 Å². The fraction of sp³-hybridized carbons (Fsp3) is 0.217. The molecule has 152 valence electrons. The Morgan fingerprint density at radius 1 is 1.13 bits per heavy atom. The summed E-state index contributed by atoms with van der Waals surface area (Å²) in [4.78, 5) is 18.0. The maximum Gasteiger partial charge on any atom is 0.269 e. The molecular weight excluding hydrogens is 378 g/mol. The average Bonchev–Trinajstić information content (AvgIpc) is 3.44. The summed E-state index contributed by atoms with van der Waals surface area (Å²) in [7, 11) is 2.12. The molecule has 0 bridgehead atoms. The van der Waals surface area contributed by atoms with Gasteiger partial charge in [0.1, 0.15) is 17.1 Å². The van der Waals surface area contributed by atoms with Crippen molar-refractivity contribution in [1.82, 2.24) is 19.5 Å². The van der Waals surface area contributed by atoms with Gasteiger partial charge in [-0.1, -0.05) is 18.2 Å². The van der Waals surface area contributed by atoms with Gasteiger partial charge in [-0.05, 0) is 56.4 Å². The third kappa shape index (κ3) is 3.23. The molecule has 0 aliphatic carbocycles. The normalized spacial score (nSPS) is 16.9. The van der Waals surface area contributed by atoms with E-state index in [0.717, 1.165) is 47.8 Å². The minimum Gasteiger partial charge on any atom is -0.457 e. The van der Waals surface area contributed by atoms with Crippen LogP contribution in [0.1, 0.15) is 28.4 Å². The molecule has 1 atom stereocenters. The molecule has 2 aromatic heterocycles. The van der Waals surface area contributed by atoms with Gasteiger partial charge in [0.15, 0.2) is 5.69 Å². The Labute approximate surface area is 174 Å². The van der Waals surface area contributed by atoms with Gasteiger partial charge in [0, 0.05) is 23.6 Å². The zero-order valence-electron chi connectivity index (χ0n) is 16.7. The lowest BCUT2D eigenvalue weighted by molar-refractivity contribution is 0.0994. The number of nitrogens with zero attached hydrogens (tertiary/aromatic N) is 3. The van der Waals surface area contributed by atoms with Gasteiger partial charge in [-0.15, -0.1) is 0 Å². The first-order chi connectivity index (χ1) is 14.6. The first-order valence-electron chi connectivity index (χ1n) is 10.0. The van der Waals surface area contributed by atoms with Crippen molar-refractivity contribution >= 4 is 11.6 Å². The molecule has 7 heteroatoms. The number of aromatic nitrogens is 3. The number of hydrogen-bond acceptors (Lipinski definition) is 4. The van der Waals surface area contributed by atoms with Crippen LogP contribution in [0.5, 0.6) is 11.5 Å². The van der Waals surface area contributed by atoms with E-state index in [4.69, 9.17) is 10.5 Å². The summed E-state index contributed by atoms with van der Waals surface area (Å²) in [6, 6.07) is 17.2. The minimum atomic E-state index is -0.515. The molecule has 1 amide bonds. The van der Waals surface area contributed by atoms with Gasteiger partial charge < -0.3 is 20.4 Å². The van der Waals surface area contributed by atoms with E-state index in [-0.39, 0.29) is 0 Å². The van der Waals surface area contributed by atoms with E-state index < -0.39 is 5.91 Å². The molecule has 0 saturated carbocycles. The Bertz CT molecular complexity index is 1190. The standard InChI is InChI=1S/C23H23N5O2/c1-27-12-11-16(14-27)19-13-25-28-21(22(24)29)20(26-23(19)28)15-7-9-18(10-8-15)30-17-5-3-2-4-6-17/h2-10,13,16,26H,11-12,14H2,1H3,(H2,24,29). The Morgan fingerprint density at radius 2 is 1.87 bits per heavy atom. The highest BCUT2D eigenvalue weighted by Crippen LogP contribution is 2.33. The number of H-pyrrole nitrogens is 1. The van der Waals surface area contributed by atoms with E-state index in [1.165, 1.54) is 0 Å². The predicted molar refractivity (Wildman–Crippen MR) is 115 cm³/mol. The number of benzene rings is 2. The molecule has 30 heavy (non-hydrogen) atoms. The fourth-order valence-electron chi connectivity index (χ4n) is 4.18. The Balaban J connectivity index is 1.51. The lowest BCUT2D eigenvalue weighted by Gasteiger charge is -2.08. The van der Waals surface area contributed by atoms with Crippen molar-refractivity contribution in [2.45, 2.75) is 12.3 Å². The number of nitrogens with one attached hydrogen (secondary N) is 1. The quantitative estimate of drug-likeness (QED) is 0.534. The first-order valence-corrected chi connectivity index (χ1v) is 10.0. The summed E-state index contributed by atoms with van der Waals surface area (Å²) in [5.74, 6) is 1.37. The number of carbonyl (C=O) groups excluding carboxylic acids is 1. The first kappa shape index (κ1) is 18.4. The number of likely N-dealkylation sites (tertiary alicyclic amines) is 1. The van der Waals surface area contributed by atoms with Gasteiger partial charge in [0.25, 0.3) is 5.91 Å². The second-order valence-corrected chi connectivity index (χ2v) is 7.76. The number of likely N-dealkylation sites (N-methyl/N-ethyl adjacent to an activating group) is 1. The van der Waals surface area contributed by atoms with Crippen LogP contribution < -0.4 is 10.5 Å². The van der Waals surface area contributed by atoms with E-state index in [2.05, 4.69) is 22.0 Å². The summed E-state index contributed by atoms with van der Waals surface area (Å²) >= 11 is 0. The summed E-state index contributed by atoms with van der Waals surface area (Å²) in [6.07, 6.45) is 2.92. The van der Waals surface area contributed by atoms with Gasteiger partial charge in [-0.2, -0.15) is 5.10 Å². The number of fused-ring (bicyclic) bond motifs is 1. The molecule has 0 radical (unpaired) electrons. The number of carbonyl (C=O) groups is 1. The van der Waals surface area contributed by atoms with E-state index in [9.17, 15) is 4.79 Å². The van der Waals surface area contributed by atoms with Crippen molar-refractivity contribution in [2.24, 2.45) is 5.73 Å². The molecule has 1 aliphatic heterocycles. The molecule has 1 unspecified atom stereocenters. The Hall–Kier alpha value is -3.58. The lowest BCUT2D eigenvalue weighted by atomic mass is 10.0. The Morgan fingerprint density at radius 3 is 2.53 bits per heavy atom. The highest BCUT2D eigenvalue weighted by molar-refractivity contribution is 5.98. The van der Waals surface area contributed by atoms with Gasteiger partial charge in [0.2, 0.25) is 0 Å². The van der Waals surface area contributed by atoms with Crippen LogP contribution in [0.4, 0.5) is 0 Å². The number of primary amides is 1. The van der Waals surface area contributed by atoms with Crippen molar-refractivity contribution in [2.75, 3.05) is 20.1 Å². The summed E-state index contributed by atoms with van der Waals surface area (Å²) in [6.45, 7) is 2.04. The van der Waals surface area contributed by atoms with E-state index >= 15 is 0 Å². The predicted octanol–water partition coefficient (Wildman–Crippen LogP) is 3.64. The van der Waals surface area contributed by atoms with Crippen LogP contribution in [0, 0.1) is 0 Å². The molecule has 0 spiro atoms. The molecule has 7 nitrogen and oxygen atoms in total. The second-order valence-electron chi connectivity index (χ2n) is 7.76. The number of rotatable bonds is 5. The van der Waals surface area contributed by atoms with E-state index in [1.807, 2.05) is 60.8 Å². The molecule has 3 N–H and O–H groups in total. The highest BCUT2D eigenvalue weighted by atomic mass is 16.5. The molecule has 1 aliphatic rings. The number of nitrogens with two attached hydrogens (primary N) is 1. The van der Waals surface area contributed by atoms with Crippen molar-refractivity contribution in [3.8, 4) is 22.8 Å². The monoisotopic (exact) mass is 401 g/mol. The summed E-state index contributed by atoms with van der Waals surface area (Å²) < 4.78 is 7.50. The Kier molecular flexibility index (Phi) is 4.52. The van der Waals surface area contributed by atoms with Gasteiger partial charge >= 0.3 is 0 Å². The number of amides is 1. The number of para-hydroxylation sites is 1. The van der Waals surface area contributed by atoms with Crippen LogP contribution in [-0.4, -0.2) is 45.5 Å². The van der Waals surface area contributed by atoms with Crippen molar-refractivity contribution in [1.29, 1.82) is 0 Å². The third-order valence-electron chi connectivity index (χ3n) is 5.68. The number of ether oxygens (including phenoxy) is 1. The molecule has 2 aromatic carbocycles. The molecule has 4 aromatic rings. The molecule has 1 saturated heterocycles. The maximum atomic E-state index is 12.3. The summed E-state index contributed by atoms with van der Waals surface area (Å²) in [5.41, 5.74) is 9.57. The van der Waals surface area contributed by atoms with Crippen LogP contribution in [0.25, 0.3) is 16.9 Å². The highest BCUT2D eigenvalue weighted by Gasteiger charge is 2.27. The number of imidazole rings is 1. The minimum absolute atomic E-state index is 0.360. The van der Waals surface area contributed by atoms with Crippen LogP contribution >= 0.6 is 0 Å². The largest absolute Gasteiger partial charge is 0.457 e. The van der Waals surface area contributed by atoms with Crippen molar-refractivity contribution in [3.63, 3.8) is 0 Å². The van der Waals surface area contributed by atoms with Gasteiger partial charge in [0.05, 0.1) is 11.9 Å². The van der Waals surface area contributed by atoms with E-state index in [1.54, 1.807) is 4.52 Å². The second kappa shape index (κ2) is 7.35.